The van der Waals surface area contributed by atoms with Crippen molar-refractivity contribution in [1.82, 2.24) is 9.88 Å². The van der Waals surface area contributed by atoms with E-state index in [9.17, 15) is 9.18 Å². The number of amides is 2. The fourth-order valence-electron chi connectivity index (χ4n) is 2.22. The molecule has 0 atom stereocenters. The van der Waals surface area contributed by atoms with Gasteiger partial charge in [-0.2, -0.15) is 0 Å². The average molecular weight is 345 g/mol. The second-order valence-electron chi connectivity index (χ2n) is 5.32. The molecule has 0 bridgehead atoms. The Balaban J connectivity index is 1.72. The van der Waals surface area contributed by atoms with Crippen LogP contribution in [-0.4, -0.2) is 23.0 Å². The number of nitrogens with one attached hydrogen (secondary N) is 1. The number of benzene rings is 1. The number of aromatic nitrogens is 1. The van der Waals surface area contributed by atoms with Crippen LogP contribution in [0.25, 0.3) is 11.3 Å². The molecule has 0 saturated carbocycles. The summed E-state index contributed by atoms with van der Waals surface area (Å²) in [5, 5.41) is 5.43. The monoisotopic (exact) mass is 345 g/mol. The van der Waals surface area contributed by atoms with E-state index in [1.807, 2.05) is 12.3 Å². The van der Waals surface area contributed by atoms with Gasteiger partial charge in [0.15, 0.2) is 0 Å². The van der Waals surface area contributed by atoms with Crippen molar-refractivity contribution >= 4 is 23.1 Å². The Kier molecular flexibility index (Phi) is 4.61. The lowest BCUT2D eigenvalue weighted by atomic mass is 10.1. The second kappa shape index (κ2) is 6.84. The zero-order chi connectivity index (χ0) is 17.1. The Bertz CT molecular complexity index is 845. The van der Waals surface area contributed by atoms with Crippen molar-refractivity contribution in [3.8, 4) is 11.3 Å². The van der Waals surface area contributed by atoms with E-state index < -0.39 is 11.8 Å². The number of aryl methyl sites for hydroxylation is 1. The van der Waals surface area contributed by atoms with E-state index in [0.29, 0.717) is 17.9 Å². The highest BCUT2D eigenvalue weighted by Crippen LogP contribution is 2.25. The molecule has 7 heteroatoms. The molecule has 0 radical (unpaired) electrons. The smallest absolute Gasteiger partial charge is 0.322 e. The number of thiazole rings is 1. The van der Waals surface area contributed by atoms with Gasteiger partial charge in [-0.3, -0.25) is 0 Å². The molecule has 1 N–H and O–H groups in total. The summed E-state index contributed by atoms with van der Waals surface area (Å²) in [6, 6.07) is 7.57. The molecule has 0 unspecified atom stereocenters. The number of rotatable bonds is 4. The van der Waals surface area contributed by atoms with Gasteiger partial charge in [-0.15, -0.1) is 11.3 Å². The molecule has 3 aromatic rings. The largest absolute Gasteiger partial charge is 0.464 e. The predicted molar refractivity (Wildman–Crippen MR) is 91.4 cm³/mol. The van der Waals surface area contributed by atoms with E-state index in [4.69, 9.17) is 4.42 Å². The molecule has 0 spiro atoms. The van der Waals surface area contributed by atoms with Crippen LogP contribution in [0.2, 0.25) is 0 Å². The van der Waals surface area contributed by atoms with E-state index in [1.54, 1.807) is 37.6 Å². The minimum absolute atomic E-state index is 0.107. The van der Waals surface area contributed by atoms with Crippen LogP contribution in [0.4, 0.5) is 14.9 Å². The third-order valence-electron chi connectivity index (χ3n) is 3.43. The van der Waals surface area contributed by atoms with Crippen LogP contribution >= 0.6 is 11.3 Å². The Morgan fingerprint density at radius 2 is 2.25 bits per heavy atom. The molecule has 2 aromatic heterocycles. The Morgan fingerprint density at radius 1 is 1.42 bits per heavy atom. The number of carbonyl (C=O) groups is 1. The average Bonchev–Trinajstić information content (AvgIpc) is 3.21. The molecular weight excluding hydrogens is 329 g/mol. The number of furan rings is 1. The lowest BCUT2D eigenvalue weighted by Gasteiger charge is -2.17. The summed E-state index contributed by atoms with van der Waals surface area (Å²) in [5.74, 6) is 0.105. The number of nitrogens with zero attached hydrogens (tertiary/aromatic N) is 2. The lowest BCUT2D eigenvalue weighted by Crippen LogP contribution is -2.31. The maximum atomic E-state index is 14.0. The predicted octanol–water partition coefficient (Wildman–Crippen LogP) is 4.51. The summed E-state index contributed by atoms with van der Waals surface area (Å²) in [7, 11) is 1.64. The van der Waals surface area contributed by atoms with Crippen molar-refractivity contribution in [3.05, 3.63) is 58.5 Å². The Morgan fingerprint density at radius 3 is 2.92 bits per heavy atom. The molecule has 0 aliphatic carbocycles. The summed E-state index contributed by atoms with van der Waals surface area (Å²) in [6.45, 7) is 2.26. The summed E-state index contributed by atoms with van der Waals surface area (Å²) >= 11 is 1.53. The van der Waals surface area contributed by atoms with Crippen molar-refractivity contribution < 1.29 is 13.6 Å². The van der Waals surface area contributed by atoms with E-state index >= 15 is 0 Å². The molecule has 0 aliphatic rings. The molecular formula is C17H16FN3O2S. The third-order valence-corrected chi connectivity index (χ3v) is 4.25. The van der Waals surface area contributed by atoms with Gasteiger partial charge in [0.1, 0.15) is 11.6 Å². The van der Waals surface area contributed by atoms with Crippen LogP contribution in [-0.2, 0) is 6.54 Å². The number of hydrogen-bond acceptors (Lipinski definition) is 4. The fourth-order valence-corrected chi connectivity index (χ4v) is 2.83. The van der Waals surface area contributed by atoms with Crippen LogP contribution in [0, 0.1) is 12.7 Å². The van der Waals surface area contributed by atoms with E-state index in [2.05, 4.69) is 10.3 Å². The van der Waals surface area contributed by atoms with Gasteiger partial charge in [0, 0.05) is 18.0 Å². The number of hydrogen-bond donors (Lipinski definition) is 1. The molecule has 0 saturated heterocycles. The lowest BCUT2D eigenvalue weighted by molar-refractivity contribution is 0.220. The highest BCUT2D eigenvalue weighted by molar-refractivity contribution is 7.09. The molecule has 2 heterocycles. The van der Waals surface area contributed by atoms with Gasteiger partial charge in [0.2, 0.25) is 0 Å². The van der Waals surface area contributed by atoms with Gasteiger partial charge in [-0.05, 0) is 37.3 Å². The molecule has 3 rings (SSSR count). The summed E-state index contributed by atoms with van der Waals surface area (Å²) in [6.07, 6.45) is 1.54. The van der Waals surface area contributed by atoms with Crippen LogP contribution in [0.3, 0.4) is 0 Å². The molecule has 5 nitrogen and oxygen atoms in total. The molecule has 0 fully saturated rings. The molecule has 124 valence electrons. The van der Waals surface area contributed by atoms with Gasteiger partial charge in [0.25, 0.3) is 0 Å². The van der Waals surface area contributed by atoms with Crippen LogP contribution in [0.15, 0.2) is 46.4 Å². The minimum Gasteiger partial charge on any atom is -0.464 e. The number of halogens is 1. The van der Waals surface area contributed by atoms with Crippen molar-refractivity contribution in [2.24, 2.45) is 0 Å². The number of carbonyl (C=O) groups excluding carboxylic acids is 1. The SMILES string of the molecule is Cc1nc(CN(C)C(=O)Nc2cc(-c3ccco3)ccc2F)cs1. The van der Waals surface area contributed by atoms with Gasteiger partial charge < -0.3 is 14.6 Å². The Hall–Kier alpha value is -2.67. The van der Waals surface area contributed by atoms with Crippen molar-refractivity contribution in [3.63, 3.8) is 0 Å². The molecule has 1 aromatic carbocycles. The molecule has 24 heavy (non-hydrogen) atoms. The maximum absolute atomic E-state index is 14.0. The Labute approximate surface area is 142 Å². The first-order valence-electron chi connectivity index (χ1n) is 7.29. The zero-order valence-corrected chi connectivity index (χ0v) is 14.1. The first kappa shape index (κ1) is 16.2. The normalized spacial score (nSPS) is 10.6. The van der Waals surface area contributed by atoms with E-state index in [0.717, 1.165) is 10.7 Å². The summed E-state index contributed by atoms with van der Waals surface area (Å²) in [5.41, 5.74) is 1.60. The minimum atomic E-state index is -0.503. The van der Waals surface area contributed by atoms with E-state index in [1.165, 1.54) is 22.3 Å². The molecule has 2 amide bonds. The van der Waals surface area contributed by atoms with Crippen LogP contribution in [0.1, 0.15) is 10.7 Å². The number of urea groups is 1. The van der Waals surface area contributed by atoms with Gasteiger partial charge in [-0.25, -0.2) is 14.2 Å². The fraction of sp³-hybridized carbons (Fsp3) is 0.176. The highest BCUT2D eigenvalue weighted by Gasteiger charge is 2.14. The van der Waals surface area contributed by atoms with Crippen LogP contribution < -0.4 is 5.32 Å². The maximum Gasteiger partial charge on any atom is 0.322 e. The van der Waals surface area contributed by atoms with Crippen molar-refractivity contribution in [1.29, 1.82) is 0 Å². The number of anilines is 1. The standard InChI is InChI=1S/C17H16FN3O2S/c1-11-19-13(10-24-11)9-21(2)17(22)20-15-8-12(5-6-14(15)18)16-4-3-7-23-16/h3-8,10H,9H2,1-2H3,(H,20,22). The summed E-state index contributed by atoms with van der Waals surface area (Å²) in [4.78, 5) is 18.0. The third kappa shape index (κ3) is 3.62. The zero-order valence-electron chi connectivity index (χ0n) is 13.2. The first-order chi connectivity index (χ1) is 11.5. The highest BCUT2D eigenvalue weighted by atomic mass is 32.1. The second-order valence-corrected chi connectivity index (χ2v) is 6.38. The summed E-state index contributed by atoms with van der Waals surface area (Å²) < 4.78 is 19.3. The van der Waals surface area contributed by atoms with Crippen LogP contribution in [0.5, 0.6) is 0 Å². The van der Waals surface area contributed by atoms with Gasteiger partial charge in [-0.1, -0.05) is 0 Å². The quantitative estimate of drug-likeness (QED) is 0.756. The first-order valence-corrected chi connectivity index (χ1v) is 8.17. The van der Waals surface area contributed by atoms with Crippen molar-refractivity contribution in [2.75, 3.05) is 12.4 Å². The topological polar surface area (TPSA) is 58.4 Å². The van der Waals surface area contributed by atoms with E-state index in [-0.39, 0.29) is 5.69 Å². The molecule has 0 aliphatic heterocycles. The van der Waals surface area contributed by atoms with Gasteiger partial charge in [0.05, 0.1) is 29.2 Å². The van der Waals surface area contributed by atoms with Crippen molar-refractivity contribution in [2.45, 2.75) is 13.5 Å². The van der Waals surface area contributed by atoms with Gasteiger partial charge >= 0.3 is 6.03 Å².